The summed E-state index contributed by atoms with van der Waals surface area (Å²) in [4.78, 5) is 5.02. The molecule has 2 atom stereocenters. The molecular formula is C20H31ClN6O. The Morgan fingerprint density at radius 3 is 2.54 bits per heavy atom. The summed E-state index contributed by atoms with van der Waals surface area (Å²) in [6.45, 7) is 11.3. The minimum Gasteiger partial charge on any atom is -0.376 e. The number of tetrazole rings is 1. The highest BCUT2D eigenvalue weighted by Crippen LogP contribution is 2.29. The molecule has 2 fully saturated rings. The van der Waals surface area contributed by atoms with Gasteiger partial charge in [-0.3, -0.25) is 4.90 Å². The fourth-order valence-corrected chi connectivity index (χ4v) is 4.13. The first kappa shape index (κ1) is 21.2. The van der Waals surface area contributed by atoms with Gasteiger partial charge in [0.15, 0.2) is 5.82 Å². The Morgan fingerprint density at radius 1 is 1.14 bits per heavy atom. The van der Waals surface area contributed by atoms with Crippen LogP contribution in [0.2, 0.25) is 0 Å². The van der Waals surface area contributed by atoms with Gasteiger partial charge in [-0.05, 0) is 42.3 Å². The topological polar surface area (TPSA) is 59.3 Å². The molecule has 1 aromatic heterocycles. The number of aryl methyl sites for hydroxylation is 1. The van der Waals surface area contributed by atoms with Crippen molar-refractivity contribution in [3.05, 3.63) is 41.2 Å². The van der Waals surface area contributed by atoms with Gasteiger partial charge >= 0.3 is 0 Å². The number of nitrogens with zero attached hydrogens (tertiary/aromatic N) is 6. The van der Waals surface area contributed by atoms with E-state index in [0.717, 1.165) is 64.5 Å². The maximum Gasteiger partial charge on any atom is 0.173 e. The maximum absolute atomic E-state index is 5.82. The van der Waals surface area contributed by atoms with E-state index in [9.17, 15) is 0 Å². The largest absolute Gasteiger partial charge is 0.376 e. The van der Waals surface area contributed by atoms with E-state index in [1.807, 2.05) is 4.68 Å². The number of benzene rings is 1. The average Bonchev–Trinajstić information content (AvgIpc) is 3.37. The molecule has 2 aliphatic heterocycles. The molecule has 8 heteroatoms. The summed E-state index contributed by atoms with van der Waals surface area (Å²) in [5.41, 5.74) is 2.53. The average molecular weight is 407 g/mol. The fraction of sp³-hybridized carbons (Fsp3) is 0.650. The lowest BCUT2D eigenvalue weighted by atomic mass is 10.0. The molecule has 0 aliphatic carbocycles. The van der Waals surface area contributed by atoms with Gasteiger partial charge in [-0.25, -0.2) is 4.68 Å². The molecule has 0 spiro atoms. The molecule has 0 N–H and O–H groups in total. The van der Waals surface area contributed by atoms with Crippen molar-refractivity contribution in [2.24, 2.45) is 0 Å². The van der Waals surface area contributed by atoms with Crippen LogP contribution in [-0.2, 0) is 11.3 Å². The lowest BCUT2D eigenvalue weighted by Crippen LogP contribution is -2.48. The van der Waals surface area contributed by atoms with Crippen molar-refractivity contribution in [2.75, 3.05) is 39.3 Å². The van der Waals surface area contributed by atoms with Gasteiger partial charge in [-0.1, -0.05) is 36.8 Å². The summed E-state index contributed by atoms with van der Waals surface area (Å²) in [7, 11) is 0. The number of ether oxygens (including phenoxy) is 1. The van der Waals surface area contributed by atoms with E-state index < -0.39 is 0 Å². The minimum absolute atomic E-state index is 0. The van der Waals surface area contributed by atoms with Crippen LogP contribution >= 0.6 is 12.4 Å². The highest BCUT2D eigenvalue weighted by molar-refractivity contribution is 5.85. The molecule has 0 amide bonds. The molecule has 0 bridgehead atoms. The summed E-state index contributed by atoms with van der Waals surface area (Å²) in [6.07, 6.45) is 2.44. The van der Waals surface area contributed by atoms with Gasteiger partial charge in [0.05, 0.1) is 18.7 Å². The number of aromatic nitrogens is 4. The zero-order valence-corrected chi connectivity index (χ0v) is 17.6. The van der Waals surface area contributed by atoms with E-state index in [1.54, 1.807) is 0 Å². The molecular weight excluding hydrogens is 376 g/mol. The SMILES string of the molecule is CCN1CCN(C(c2ccc(C)cc2)c2nnnn2CC2CCCO2)CC1.Cl. The molecule has 2 aromatic rings. The van der Waals surface area contributed by atoms with Crippen LogP contribution in [-0.4, -0.2) is 75.4 Å². The molecule has 2 saturated heterocycles. The molecule has 2 aliphatic rings. The molecule has 28 heavy (non-hydrogen) atoms. The molecule has 4 rings (SSSR count). The predicted octanol–water partition coefficient (Wildman–Crippen LogP) is 2.31. The number of hydrogen-bond donors (Lipinski definition) is 0. The van der Waals surface area contributed by atoms with Crippen molar-refractivity contribution < 1.29 is 4.74 Å². The van der Waals surface area contributed by atoms with E-state index in [2.05, 4.69) is 63.4 Å². The smallest absolute Gasteiger partial charge is 0.173 e. The second-order valence-electron chi connectivity index (χ2n) is 7.64. The summed E-state index contributed by atoms with van der Waals surface area (Å²) < 4.78 is 7.78. The van der Waals surface area contributed by atoms with Crippen molar-refractivity contribution in [1.29, 1.82) is 0 Å². The third-order valence-corrected chi connectivity index (χ3v) is 5.82. The van der Waals surface area contributed by atoms with E-state index in [1.165, 1.54) is 11.1 Å². The normalized spacial score (nSPS) is 22.1. The second kappa shape index (κ2) is 9.78. The summed E-state index contributed by atoms with van der Waals surface area (Å²) >= 11 is 0. The van der Waals surface area contributed by atoms with Crippen molar-refractivity contribution in [3.8, 4) is 0 Å². The number of piperazine rings is 1. The first-order chi connectivity index (χ1) is 13.2. The van der Waals surface area contributed by atoms with Gasteiger partial charge in [0, 0.05) is 32.8 Å². The Labute approximate surface area is 173 Å². The van der Waals surface area contributed by atoms with Crippen molar-refractivity contribution in [1.82, 2.24) is 30.0 Å². The van der Waals surface area contributed by atoms with E-state index in [-0.39, 0.29) is 24.6 Å². The molecule has 1 aromatic carbocycles. The van der Waals surface area contributed by atoms with E-state index in [4.69, 9.17) is 4.74 Å². The lowest BCUT2D eigenvalue weighted by molar-refractivity contribution is 0.0861. The Morgan fingerprint density at radius 2 is 1.89 bits per heavy atom. The van der Waals surface area contributed by atoms with Crippen LogP contribution in [0.5, 0.6) is 0 Å². The van der Waals surface area contributed by atoms with E-state index >= 15 is 0 Å². The van der Waals surface area contributed by atoms with Crippen LogP contribution in [0.15, 0.2) is 24.3 Å². The van der Waals surface area contributed by atoms with Crippen LogP contribution in [0.1, 0.15) is 42.8 Å². The molecule has 0 saturated carbocycles. The zero-order valence-electron chi connectivity index (χ0n) is 16.8. The van der Waals surface area contributed by atoms with Crippen molar-refractivity contribution in [2.45, 2.75) is 45.4 Å². The van der Waals surface area contributed by atoms with Crippen LogP contribution in [0.25, 0.3) is 0 Å². The van der Waals surface area contributed by atoms with Gasteiger partial charge in [0.25, 0.3) is 0 Å². The lowest BCUT2D eigenvalue weighted by Gasteiger charge is -2.38. The number of hydrogen-bond acceptors (Lipinski definition) is 6. The third-order valence-electron chi connectivity index (χ3n) is 5.82. The number of rotatable bonds is 6. The Hall–Kier alpha value is -1.54. The highest BCUT2D eigenvalue weighted by atomic mass is 35.5. The van der Waals surface area contributed by atoms with Crippen molar-refractivity contribution >= 4 is 12.4 Å². The molecule has 7 nitrogen and oxygen atoms in total. The molecule has 3 heterocycles. The maximum atomic E-state index is 5.82. The quantitative estimate of drug-likeness (QED) is 0.733. The minimum atomic E-state index is 0. The monoisotopic (exact) mass is 406 g/mol. The van der Waals surface area contributed by atoms with Crippen LogP contribution in [0.3, 0.4) is 0 Å². The summed E-state index contributed by atoms with van der Waals surface area (Å²) in [5.74, 6) is 0.930. The highest BCUT2D eigenvalue weighted by Gasteiger charge is 2.31. The van der Waals surface area contributed by atoms with Gasteiger partial charge in [-0.2, -0.15) is 0 Å². The number of halogens is 1. The third kappa shape index (κ3) is 4.71. The number of likely N-dealkylation sites (N-methyl/N-ethyl adjacent to an activating group) is 1. The predicted molar refractivity (Wildman–Crippen MR) is 111 cm³/mol. The van der Waals surface area contributed by atoms with Gasteiger partial charge < -0.3 is 9.64 Å². The molecule has 2 unspecified atom stereocenters. The molecule has 154 valence electrons. The Kier molecular flexibility index (Phi) is 7.40. The fourth-order valence-electron chi connectivity index (χ4n) is 4.13. The zero-order chi connectivity index (χ0) is 18.6. The molecule has 0 radical (unpaired) electrons. The Bertz CT molecular complexity index is 723. The first-order valence-corrected chi connectivity index (χ1v) is 10.1. The summed E-state index contributed by atoms with van der Waals surface area (Å²) in [6, 6.07) is 8.88. The van der Waals surface area contributed by atoms with Gasteiger partial charge in [0.2, 0.25) is 0 Å². The van der Waals surface area contributed by atoms with Crippen molar-refractivity contribution in [3.63, 3.8) is 0 Å². The second-order valence-corrected chi connectivity index (χ2v) is 7.64. The first-order valence-electron chi connectivity index (χ1n) is 10.1. The van der Waals surface area contributed by atoms with E-state index in [0.29, 0.717) is 0 Å². The van der Waals surface area contributed by atoms with Crippen LogP contribution in [0, 0.1) is 6.92 Å². The van der Waals surface area contributed by atoms with Gasteiger partial charge in [-0.15, -0.1) is 17.5 Å². The Balaban J connectivity index is 0.00000225. The standard InChI is InChI=1S/C20H30N6O.ClH/c1-3-24-10-12-25(13-11-24)19(17-8-6-16(2)7-9-17)20-21-22-23-26(20)15-18-5-4-14-27-18;/h6-9,18-19H,3-5,10-15H2,1-2H3;1H. The van der Waals surface area contributed by atoms with Crippen LogP contribution < -0.4 is 0 Å². The van der Waals surface area contributed by atoms with Gasteiger partial charge in [0.1, 0.15) is 0 Å². The summed E-state index contributed by atoms with van der Waals surface area (Å²) in [5, 5.41) is 12.8. The van der Waals surface area contributed by atoms with Crippen LogP contribution in [0.4, 0.5) is 0 Å².